The van der Waals surface area contributed by atoms with Gasteiger partial charge < -0.3 is 0 Å². The number of carbonyl (C=O) groups excluding carboxylic acids is 1. The predicted octanol–water partition coefficient (Wildman–Crippen LogP) is 2.89. The summed E-state index contributed by atoms with van der Waals surface area (Å²) in [6.45, 7) is 0.412. The Bertz CT molecular complexity index is 334. The van der Waals surface area contributed by atoms with Crippen LogP contribution in [-0.2, 0) is 11.3 Å². The smallest absolute Gasteiger partial charge is 0.211 e. The van der Waals surface area contributed by atoms with E-state index in [0.29, 0.717) is 6.54 Å². The lowest BCUT2D eigenvalue weighted by Gasteiger charge is -1.99. The normalized spacial score (nSPS) is 9.17. The largest absolute Gasteiger partial charge is 0.235 e. The minimum Gasteiger partial charge on any atom is -0.211 e. The molecular formula is C8H5BrINO. The van der Waals surface area contributed by atoms with E-state index in [9.17, 15) is 4.79 Å². The molecule has 0 amide bonds. The number of hydrogen-bond acceptors (Lipinski definition) is 2. The molecule has 0 aromatic heterocycles. The number of rotatable bonds is 2. The summed E-state index contributed by atoms with van der Waals surface area (Å²) >= 11 is 5.56. The Balaban J connectivity index is 2.93. The standard InChI is InChI=1S/C8H5BrINO/c9-7-2-1-6(4-11-5-12)8(10)3-7/h1-3H,4H2. The van der Waals surface area contributed by atoms with Crippen molar-refractivity contribution in [2.45, 2.75) is 6.54 Å². The molecule has 0 atom stereocenters. The van der Waals surface area contributed by atoms with Crippen molar-refractivity contribution in [3.05, 3.63) is 31.8 Å². The average Bonchev–Trinajstić information content (AvgIpc) is 2.03. The zero-order valence-electron chi connectivity index (χ0n) is 6.05. The molecule has 0 heterocycles. The number of hydrogen-bond donors (Lipinski definition) is 0. The fourth-order valence-electron chi connectivity index (χ4n) is 0.767. The molecule has 0 radical (unpaired) electrons. The Kier molecular flexibility index (Phi) is 3.91. The highest BCUT2D eigenvalue weighted by atomic mass is 127. The van der Waals surface area contributed by atoms with Crippen molar-refractivity contribution < 1.29 is 4.79 Å². The molecule has 0 unspecified atom stereocenters. The van der Waals surface area contributed by atoms with E-state index in [0.717, 1.165) is 13.6 Å². The summed E-state index contributed by atoms with van der Waals surface area (Å²) in [6, 6.07) is 5.85. The first-order chi connectivity index (χ1) is 5.74. The zero-order valence-corrected chi connectivity index (χ0v) is 9.79. The van der Waals surface area contributed by atoms with Gasteiger partial charge in [-0.1, -0.05) is 22.0 Å². The van der Waals surface area contributed by atoms with Crippen LogP contribution in [0.15, 0.2) is 27.7 Å². The SMILES string of the molecule is O=C=NCc1ccc(Br)cc1I. The zero-order chi connectivity index (χ0) is 8.97. The topological polar surface area (TPSA) is 29.4 Å². The van der Waals surface area contributed by atoms with Crippen molar-refractivity contribution in [2.75, 3.05) is 0 Å². The Morgan fingerprint density at radius 3 is 2.92 bits per heavy atom. The van der Waals surface area contributed by atoms with Crippen LogP contribution in [0.3, 0.4) is 0 Å². The molecule has 1 rings (SSSR count). The fraction of sp³-hybridized carbons (Fsp3) is 0.125. The second-order valence-corrected chi connectivity index (χ2v) is 4.22. The van der Waals surface area contributed by atoms with Crippen molar-refractivity contribution in [1.29, 1.82) is 0 Å². The van der Waals surface area contributed by atoms with Gasteiger partial charge in [-0.3, -0.25) is 0 Å². The lowest BCUT2D eigenvalue weighted by molar-refractivity contribution is 0.562. The molecule has 1 aromatic rings. The Labute approximate surface area is 92.3 Å². The summed E-state index contributed by atoms with van der Waals surface area (Å²) in [6.07, 6.45) is 1.52. The van der Waals surface area contributed by atoms with Gasteiger partial charge in [0.15, 0.2) is 0 Å². The molecule has 0 aliphatic carbocycles. The van der Waals surface area contributed by atoms with Crippen LogP contribution in [0, 0.1) is 3.57 Å². The quantitative estimate of drug-likeness (QED) is 0.463. The van der Waals surface area contributed by atoms with Crippen LogP contribution in [0.2, 0.25) is 0 Å². The van der Waals surface area contributed by atoms with Gasteiger partial charge in [0.05, 0.1) is 6.54 Å². The summed E-state index contributed by atoms with van der Waals surface area (Å²) in [5.41, 5.74) is 1.04. The minimum absolute atomic E-state index is 0.412. The minimum atomic E-state index is 0.412. The molecule has 4 heteroatoms. The van der Waals surface area contributed by atoms with E-state index >= 15 is 0 Å². The van der Waals surface area contributed by atoms with E-state index in [-0.39, 0.29) is 0 Å². The van der Waals surface area contributed by atoms with Crippen molar-refractivity contribution in [1.82, 2.24) is 0 Å². The maximum Gasteiger partial charge on any atom is 0.235 e. The molecular weight excluding hydrogens is 333 g/mol. The van der Waals surface area contributed by atoms with Gasteiger partial charge in [-0.2, -0.15) is 0 Å². The highest BCUT2D eigenvalue weighted by Crippen LogP contribution is 2.18. The monoisotopic (exact) mass is 337 g/mol. The molecule has 62 valence electrons. The second-order valence-electron chi connectivity index (χ2n) is 2.14. The lowest BCUT2D eigenvalue weighted by atomic mass is 10.2. The van der Waals surface area contributed by atoms with E-state index in [1.165, 1.54) is 6.08 Å². The molecule has 0 bridgehead atoms. The summed E-state index contributed by atoms with van der Waals surface area (Å²) in [7, 11) is 0. The van der Waals surface area contributed by atoms with Crippen molar-refractivity contribution in [2.24, 2.45) is 4.99 Å². The molecule has 0 saturated heterocycles. The van der Waals surface area contributed by atoms with Gasteiger partial charge in [0.25, 0.3) is 0 Å². The molecule has 1 aromatic carbocycles. The molecule has 0 saturated carbocycles. The predicted molar refractivity (Wildman–Crippen MR) is 58.7 cm³/mol. The van der Waals surface area contributed by atoms with Crippen molar-refractivity contribution in [3.8, 4) is 0 Å². The number of isocyanates is 1. The molecule has 0 aliphatic rings. The molecule has 0 N–H and O–H groups in total. The van der Waals surface area contributed by atoms with E-state index in [4.69, 9.17) is 0 Å². The second kappa shape index (κ2) is 4.74. The summed E-state index contributed by atoms with van der Waals surface area (Å²) in [4.78, 5) is 13.4. The van der Waals surface area contributed by atoms with E-state index < -0.39 is 0 Å². The number of benzene rings is 1. The van der Waals surface area contributed by atoms with Gasteiger partial charge in [-0.05, 0) is 40.3 Å². The first-order valence-corrected chi connectivity index (χ1v) is 5.09. The van der Waals surface area contributed by atoms with Crippen LogP contribution in [0.1, 0.15) is 5.56 Å². The van der Waals surface area contributed by atoms with E-state index in [1.807, 2.05) is 18.2 Å². The Hall–Kier alpha value is -0.190. The Morgan fingerprint density at radius 2 is 2.33 bits per heavy atom. The maximum atomic E-state index is 9.85. The van der Waals surface area contributed by atoms with Crippen LogP contribution < -0.4 is 0 Å². The van der Waals surface area contributed by atoms with Gasteiger partial charge in [-0.15, -0.1) is 0 Å². The average molecular weight is 338 g/mol. The summed E-state index contributed by atoms with van der Waals surface area (Å²) in [5, 5.41) is 0. The molecule has 2 nitrogen and oxygen atoms in total. The number of halogens is 2. The van der Waals surface area contributed by atoms with Gasteiger partial charge in [-0.25, -0.2) is 9.79 Å². The molecule has 0 spiro atoms. The van der Waals surface area contributed by atoms with Gasteiger partial charge in [0, 0.05) is 8.04 Å². The first kappa shape index (κ1) is 9.89. The van der Waals surface area contributed by atoms with E-state index in [1.54, 1.807) is 0 Å². The first-order valence-electron chi connectivity index (χ1n) is 3.21. The van der Waals surface area contributed by atoms with Crippen LogP contribution in [0.25, 0.3) is 0 Å². The Morgan fingerprint density at radius 1 is 1.58 bits per heavy atom. The van der Waals surface area contributed by atoms with E-state index in [2.05, 4.69) is 43.5 Å². The van der Waals surface area contributed by atoms with Gasteiger partial charge >= 0.3 is 0 Å². The third kappa shape index (κ3) is 2.69. The van der Waals surface area contributed by atoms with Gasteiger partial charge in [0.1, 0.15) is 0 Å². The molecule has 0 fully saturated rings. The van der Waals surface area contributed by atoms with Crippen LogP contribution in [0.5, 0.6) is 0 Å². The third-order valence-corrected chi connectivity index (χ3v) is 2.83. The van der Waals surface area contributed by atoms with Crippen molar-refractivity contribution in [3.63, 3.8) is 0 Å². The molecule has 12 heavy (non-hydrogen) atoms. The fourth-order valence-corrected chi connectivity index (χ4v) is 2.24. The van der Waals surface area contributed by atoms with Gasteiger partial charge in [0.2, 0.25) is 6.08 Å². The summed E-state index contributed by atoms with van der Waals surface area (Å²) < 4.78 is 2.13. The third-order valence-electron chi connectivity index (χ3n) is 1.33. The maximum absolute atomic E-state index is 9.85. The molecule has 0 aliphatic heterocycles. The number of aliphatic imine (C=N–C) groups is 1. The van der Waals surface area contributed by atoms with Crippen LogP contribution in [0.4, 0.5) is 0 Å². The highest BCUT2D eigenvalue weighted by Gasteiger charge is 1.98. The van der Waals surface area contributed by atoms with Crippen LogP contribution in [-0.4, -0.2) is 6.08 Å². The summed E-state index contributed by atoms with van der Waals surface area (Å²) in [5.74, 6) is 0. The lowest BCUT2D eigenvalue weighted by Crippen LogP contribution is -1.85. The highest BCUT2D eigenvalue weighted by molar-refractivity contribution is 14.1. The van der Waals surface area contributed by atoms with Crippen molar-refractivity contribution >= 4 is 44.6 Å². The number of nitrogens with zero attached hydrogens (tertiary/aromatic N) is 1. The van der Waals surface area contributed by atoms with Crippen LogP contribution >= 0.6 is 38.5 Å².